The molecule has 0 fully saturated rings. The fourth-order valence-electron chi connectivity index (χ4n) is 3.08. The van der Waals surface area contributed by atoms with E-state index in [-0.39, 0.29) is 17.2 Å². The van der Waals surface area contributed by atoms with Crippen LogP contribution in [0.1, 0.15) is 44.0 Å². The second kappa shape index (κ2) is 8.13. The Kier molecular flexibility index (Phi) is 5.66. The predicted octanol–water partition coefficient (Wildman–Crippen LogP) is 3.70. The quantitative estimate of drug-likeness (QED) is 0.450. The predicted molar refractivity (Wildman–Crippen MR) is 105 cm³/mol. The second-order valence-electron chi connectivity index (χ2n) is 6.18. The molecule has 140 valence electrons. The molecule has 0 bridgehead atoms. The number of benzene rings is 1. The summed E-state index contributed by atoms with van der Waals surface area (Å²) in [6.07, 6.45) is 5.34. The summed E-state index contributed by atoms with van der Waals surface area (Å²) in [6, 6.07) is 5.52. The van der Waals surface area contributed by atoms with Gasteiger partial charge >= 0.3 is 0 Å². The number of nitro benzene ring substituents is 1. The molecule has 0 saturated carbocycles. The molecular weight excluding hydrogens is 366 g/mol. The first-order valence-corrected chi connectivity index (χ1v) is 9.42. The van der Waals surface area contributed by atoms with E-state index in [0.29, 0.717) is 17.1 Å². The molecule has 1 heterocycles. The van der Waals surface area contributed by atoms with Crippen LogP contribution in [-0.2, 0) is 12.8 Å². The zero-order valence-corrected chi connectivity index (χ0v) is 15.4. The van der Waals surface area contributed by atoms with Crippen LogP contribution < -0.4 is 10.6 Å². The molecule has 1 aliphatic carbocycles. The first kappa shape index (κ1) is 18.8. The van der Waals surface area contributed by atoms with Crippen LogP contribution in [0.15, 0.2) is 36.9 Å². The van der Waals surface area contributed by atoms with E-state index in [1.54, 1.807) is 6.08 Å². The van der Waals surface area contributed by atoms with Crippen LogP contribution in [-0.4, -0.2) is 23.3 Å². The number of nitrogens with one attached hydrogen (secondary N) is 2. The SMILES string of the molecule is C=CCNC(=O)c1c(NC(=O)c2cccc([N+](=O)[O-])c2)sc2c1CCCC2. The molecule has 7 nitrogen and oxygen atoms in total. The van der Waals surface area contributed by atoms with E-state index in [1.807, 2.05) is 0 Å². The molecule has 0 saturated heterocycles. The summed E-state index contributed by atoms with van der Waals surface area (Å²) in [7, 11) is 0. The van der Waals surface area contributed by atoms with Crippen molar-refractivity contribution >= 4 is 33.8 Å². The number of hydrogen-bond donors (Lipinski definition) is 2. The highest BCUT2D eigenvalue weighted by Gasteiger charge is 2.26. The number of carbonyl (C=O) groups is 2. The van der Waals surface area contributed by atoms with Crippen molar-refractivity contribution in [3.05, 3.63) is 68.6 Å². The van der Waals surface area contributed by atoms with Gasteiger partial charge in [0.25, 0.3) is 17.5 Å². The lowest BCUT2D eigenvalue weighted by atomic mass is 9.95. The zero-order chi connectivity index (χ0) is 19.4. The van der Waals surface area contributed by atoms with Gasteiger partial charge in [-0.3, -0.25) is 19.7 Å². The van der Waals surface area contributed by atoms with E-state index in [4.69, 9.17) is 0 Å². The molecule has 8 heteroatoms. The van der Waals surface area contributed by atoms with Gasteiger partial charge < -0.3 is 10.6 Å². The fraction of sp³-hybridized carbons (Fsp3) is 0.263. The average molecular weight is 385 g/mol. The smallest absolute Gasteiger partial charge is 0.270 e. The first-order chi connectivity index (χ1) is 13.0. The van der Waals surface area contributed by atoms with Gasteiger partial charge in [-0.15, -0.1) is 17.9 Å². The third-order valence-electron chi connectivity index (χ3n) is 4.35. The van der Waals surface area contributed by atoms with Crippen molar-refractivity contribution in [2.45, 2.75) is 25.7 Å². The van der Waals surface area contributed by atoms with Gasteiger partial charge in [-0.2, -0.15) is 0 Å². The number of carbonyl (C=O) groups excluding carboxylic acids is 2. The van der Waals surface area contributed by atoms with Gasteiger partial charge in [-0.25, -0.2) is 0 Å². The molecular formula is C19H19N3O4S. The van der Waals surface area contributed by atoms with E-state index in [2.05, 4.69) is 17.2 Å². The Morgan fingerprint density at radius 3 is 2.78 bits per heavy atom. The molecule has 2 N–H and O–H groups in total. The van der Waals surface area contributed by atoms with Crippen LogP contribution >= 0.6 is 11.3 Å². The molecule has 0 atom stereocenters. The number of nitrogens with zero attached hydrogens (tertiary/aromatic N) is 1. The average Bonchev–Trinajstić information content (AvgIpc) is 3.04. The zero-order valence-electron chi connectivity index (χ0n) is 14.6. The second-order valence-corrected chi connectivity index (χ2v) is 7.28. The van der Waals surface area contributed by atoms with Crippen molar-refractivity contribution in [3.8, 4) is 0 Å². The van der Waals surface area contributed by atoms with Crippen molar-refractivity contribution in [3.63, 3.8) is 0 Å². The number of thiophene rings is 1. The summed E-state index contributed by atoms with van der Waals surface area (Å²) in [4.78, 5) is 36.7. The minimum Gasteiger partial charge on any atom is -0.348 e. The van der Waals surface area contributed by atoms with E-state index in [1.165, 1.54) is 35.6 Å². The number of fused-ring (bicyclic) bond motifs is 1. The Labute approximate surface area is 160 Å². The van der Waals surface area contributed by atoms with E-state index in [9.17, 15) is 19.7 Å². The fourth-order valence-corrected chi connectivity index (χ4v) is 4.37. The third kappa shape index (κ3) is 4.06. The highest BCUT2D eigenvalue weighted by Crippen LogP contribution is 2.38. The number of rotatable bonds is 6. The maximum absolute atomic E-state index is 12.6. The Bertz CT molecular complexity index is 920. The van der Waals surface area contributed by atoms with Gasteiger partial charge in [0.1, 0.15) is 5.00 Å². The molecule has 1 aliphatic rings. The van der Waals surface area contributed by atoms with Gasteiger partial charge in [-0.1, -0.05) is 12.1 Å². The minimum atomic E-state index is -0.547. The first-order valence-electron chi connectivity index (χ1n) is 8.60. The van der Waals surface area contributed by atoms with Crippen molar-refractivity contribution < 1.29 is 14.5 Å². The molecule has 0 radical (unpaired) electrons. The Balaban J connectivity index is 1.91. The van der Waals surface area contributed by atoms with Crippen LogP contribution in [0.5, 0.6) is 0 Å². The molecule has 3 rings (SSSR count). The number of aryl methyl sites for hydroxylation is 1. The molecule has 1 aromatic heterocycles. The molecule has 0 spiro atoms. The lowest BCUT2D eigenvalue weighted by Crippen LogP contribution is -2.26. The van der Waals surface area contributed by atoms with Gasteiger partial charge in [-0.05, 0) is 37.3 Å². The molecule has 0 unspecified atom stereocenters. The summed E-state index contributed by atoms with van der Waals surface area (Å²) in [5.74, 6) is -0.723. The van der Waals surface area contributed by atoms with Crippen LogP contribution in [0.4, 0.5) is 10.7 Å². The monoisotopic (exact) mass is 385 g/mol. The van der Waals surface area contributed by atoms with E-state index < -0.39 is 10.8 Å². The summed E-state index contributed by atoms with van der Waals surface area (Å²) >= 11 is 1.40. The van der Waals surface area contributed by atoms with Crippen molar-refractivity contribution in [2.75, 3.05) is 11.9 Å². The number of hydrogen-bond acceptors (Lipinski definition) is 5. The minimum absolute atomic E-state index is 0.155. The van der Waals surface area contributed by atoms with Crippen LogP contribution in [0.3, 0.4) is 0 Å². The highest BCUT2D eigenvalue weighted by atomic mass is 32.1. The summed E-state index contributed by atoms with van der Waals surface area (Å²) in [5, 5.41) is 17.0. The number of nitro groups is 1. The molecule has 27 heavy (non-hydrogen) atoms. The Morgan fingerprint density at radius 2 is 2.04 bits per heavy atom. The largest absolute Gasteiger partial charge is 0.348 e. The Hall–Kier alpha value is -3.00. The normalized spacial score (nSPS) is 12.7. The van der Waals surface area contributed by atoms with E-state index in [0.717, 1.165) is 36.1 Å². The summed E-state index contributed by atoms with van der Waals surface area (Å²) in [5.41, 5.74) is 1.50. The standard InChI is InChI=1S/C19H19N3O4S/c1-2-10-20-18(24)16-14-8-3-4-9-15(14)27-19(16)21-17(23)12-6-5-7-13(11-12)22(25)26/h2,5-7,11H,1,3-4,8-10H2,(H,20,24)(H,21,23). The molecule has 1 aromatic carbocycles. The molecule has 2 aromatic rings. The maximum Gasteiger partial charge on any atom is 0.270 e. The summed E-state index contributed by atoms with van der Waals surface area (Å²) in [6.45, 7) is 3.93. The van der Waals surface area contributed by atoms with Gasteiger partial charge in [0.2, 0.25) is 0 Å². The number of anilines is 1. The maximum atomic E-state index is 12.6. The lowest BCUT2D eigenvalue weighted by Gasteiger charge is -2.13. The lowest BCUT2D eigenvalue weighted by molar-refractivity contribution is -0.384. The van der Waals surface area contributed by atoms with Gasteiger partial charge in [0.05, 0.1) is 10.5 Å². The van der Waals surface area contributed by atoms with Crippen LogP contribution in [0, 0.1) is 10.1 Å². The van der Waals surface area contributed by atoms with Crippen LogP contribution in [0.25, 0.3) is 0 Å². The van der Waals surface area contributed by atoms with Gasteiger partial charge in [0, 0.05) is 29.1 Å². The summed E-state index contributed by atoms with van der Waals surface area (Å²) < 4.78 is 0. The van der Waals surface area contributed by atoms with E-state index >= 15 is 0 Å². The topological polar surface area (TPSA) is 101 Å². The molecule has 2 amide bonds. The van der Waals surface area contributed by atoms with Crippen molar-refractivity contribution in [1.82, 2.24) is 5.32 Å². The Morgan fingerprint density at radius 1 is 1.26 bits per heavy atom. The third-order valence-corrected chi connectivity index (χ3v) is 5.56. The van der Waals surface area contributed by atoms with Crippen LogP contribution in [0.2, 0.25) is 0 Å². The number of non-ortho nitro benzene ring substituents is 1. The van der Waals surface area contributed by atoms with Gasteiger partial charge in [0.15, 0.2) is 0 Å². The van der Waals surface area contributed by atoms with Crippen molar-refractivity contribution in [1.29, 1.82) is 0 Å². The number of amides is 2. The highest BCUT2D eigenvalue weighted by molar-refractivity contribution is 7.17. The van der Waals surface area contributed by atoms with Crippen molar-refractivity contribution in [2.24, 2.45) is 0 Å². The molecule has 0 aliphatic heterocycles.